The lowest BCUT2D eigenvalue weighted by Crippen LogP contribution is -2.29. The Hall–Kier alpha value is -1.94. The lowest BCUT2D eigenvalue weighted by atomic mass is 10.1. The summed E-state index contributed by atoms with van der Waals surface area (Å²) in [5, 5.41) is 0. The van der Waals surface area contributed by atoms with E-state index in [1.54, 1.807) is 12.1 Å². The Morgan fingerprint density at radius 3 is 2.12 bits per heavy atom. The van der Waals surface area contributed by atoms with Crippen LogP contribution in [0.4, 0.5) is 5.69 Å². The molecule has 1 aromatic rings. The summed E-state index contributed by atoms with van der Waals surface area (Å²) in [5.74, 6) is -0.583. The Morgan fingerprint density at radius 2 is 1.62 bits per heavy atom. The van der Waals surface area contributed by atoms with E-state index in [0.29, 0.717) is 5.69 Å². The van der Waals surface area contributed by atoms with Crippen molar-refractivity contribution >= 4 is 17.5 Å². The first-order chi connectivity index (χ1) is 7.75. The minimum atomic E-state index is -0.291. The summed E-state index contributed by atoms with van der Waals surface area (Å²) < 4.78 is 5.14. The number of rotatable bonds is 2. The third-order valence-corrected chi connectivity index (χ3v) is 2.67. The molecule has 2 aliphatic rings. The van der Waals surface area contributed by atoms with Crippen molar-refractivity contribution in [2.75, 3.05) is 11.5 Å². The summed E-state index contributed by atoms with van der Waals surface area (Å²) in [7, 11) is 0. The van der Waals surface area contributed by atoms with Crippen LogP contribution in [0.25, 0.3) is 0 Å². The van der Waals surface area contributed by atoms with Gasteiger partial charge in [-0.25, -0.2) is 4.90 Å². The van der Waals surface area contributed by atoms with Crippen LogP contribution in [0.3, 0.4) is 0 Å². The molecule has 0 saturated carbocycles. The number of carbonyl (C=O) groups excluding carboxylic acids is 2. The summed E-state index contributed by atoms with van der Waals surface area (Å²) in [6.07, 6.45) is 2.75. The smallest absolute Gasteiger partial charge is 0.258 e. The predicted octanol–water partition coefficient (Wildman–Crippen LogP) is 1.19. The number of ether oxygens (including phenoxy) is 1. The molecule has 4 heteroatoms. The van der Waals surface area contributed by atoms with E-state index in [-0.39, 0.29) is 17.9 Å². The van der Waals surface area contributed by atoms with Gasteiger partial charge < -0.3 is 4.74 Å². The van der Waals surface area contributed by atoms with Gasteiger partial charge in [0.15, 0.2) is 0 Å². The number of benzene rings is 1. The summed E-state index contributed by atoms with van der Waals surface area (Å²) in [6.45, 7) is 0.752. The van der Waals surface area contributed by atoms with Crippen molar-refractivity contribution < 1.29 is 14.3 Å². The van der Waals surface area contributed by atoms with E-state index < -0.39 is 0 Å². The van der Waals surface area contributed by atoms with Crippen molar-refractivity contribution in [3.8, 4) is 0 Å². The maximum atomic E-state index is 11.4. The molecule has 1 unspecified atom stereocenters. The van der Waals surface area contributed by atoms with Gasteiger partial charge >= 0.3 is 0 Å². The Bertz CT molecular complexity index is 467. The first kappa shape index (κ1) is 9.30. The highest BCUT2D eigenvalue weighted by Crippen LogP contribution is 2.31. The maximum absolute atomic E-state index is 11.4. The van der Waals surface area contributed by atoms with Crippen molar-refractivity contribution in [2.45, 2.75) is 6.10 Å². The molecule has 1 atom stereocenters. The van der Waals surface area contributed by atoms with Gasteiger partial charge in [-0.1, -0.05) is 12.1 Å². The molecule has 1 saturated heterocycles. The zero-order valence-corrected chi connectivity index (χ0v) is 8.42. The van der Waals surface area contributed by atoms with Crippen molar-refractivity contribution in [3.05, 3.63) is 42.0 Å². The zero-order valence-electron chi connectivity index (χ0n) is 8.42. The number of epoxide rings is 1. The molecule has 16 heavy (non-hydrogen) atoms. The fourth-order valence-corrected chi connectivity index (χ4v) is 1.73. The van der Waals surface area contributed by atoms with Crippen LogP contribution in [0, 0.1) is 0 Å². The van der Waals surface area contributed by atoms with Gasteiger partial charge in [-0.2, -0.15) is 0 Å². The molecule has 0 spiro atoms. The lowest BCUT2D eigenvalue weighted by molar-refractivity contribution is -0.119. The van der Waals surface area contributed by atoms with E-state index in [1.165, 1.54) is 12.2 Å². The number of hydrogen-bond acceptors (Lipinski definition) is 3. The molecule has 1 aromatic carbocycles. The Kier molecular flexibility index (Phi) is 1.91. The molecule has 3 rings (SSSR count). The van der Waals surface area contributed by atoms with Crippen LogP contribution in [0.15, 0.2) is 36.4 Å². The number of anilines is 1. The topological polar surface area (TPSA) is 49.9 Å². The number of hydrogen-bond donors (Lipinski definition) is 0. The van der Waals surface area contributed by atoms with Crippen molar-refractivity contribution in [2.24, 2.45) is 0 Å². The van der Waals surface area contributed by atoms with Gasteiger partial charge in [-0.15, -0.1) is 0 Å². The largest absolute Gasteiger partial charge is 0.368 e. The van der Waals surface area contributed by atoms with Crippen molar-refractivity contribution in [3.63, 3.8) is 0 Å². The predicted molar refractivity (Wildman–Crippen MR) is 56.8 cm³/mol. The van der Waals surface area contributed by atoms with Crippen molar-refractivity contribution in [1.29, 1.82) is 0 Å². The summed E-state index contributed by atoms with van der Waals surface area (Å²) in [5.41, 5.74) is 1.68. The van der Waals surface area contributed by atoms with E-state index in [9.17, 15) is 9.59 Å². The van der Waals surface area contributed by atoms with Crippen LogP contribution in [-0.4, -0.2) is 18.4 Å². The second kappa shape index (κ2) is 3.28. The van der Waals surface area contributed by atoms with Crippen LogP contribution in [0.1, 0.15) is 11.7 Å². The van der Waals surface area contributed by atoms with Gasteiger partial charge in [-0.3, -0.25) is 9.59 Å². The average Bonchev–Trinajstić information content (AvgIpc) is 3.07. The highest BCUT2D eigenvalue weighted by atomic mass is 16.6. The quantitative estimate of drug-likeness (QED) is 0.550. The molecule has 0 bridgehead atoms. The molecule has 1 fully saturated rings. The van der Waals surface area contributed by atoms with Crippen LogP contribution in [0.2, 0.25) is 0 Å². The van der Waals surface area contributed by atoms with Gasteiger partial charge in [0.2, 0.25) is 0 Å². The number of imide groups is 1. The summed E-state index contributed by atoms with van der Waals surface area (Å²) in [6, 6.07) is 7.29. The van der Waals surface area contributed by atoms with Gasteiger partial charge in [0.1, 0.15) is 6.10 Å². The minimum Gasteiger partial charge on any atom is -0.368 e. The summed E-state index contributed by atoms with van der Waals surface area (Å²) in [4.78, 5) is 24.0. The Morgan fingerprint density at radius 1 is 1.06 bits per heavy atom. The normalized spacial score (nSPS) is 23.0. The zero-order chi connectivity index (χ0) is 11.1. The van der Waals surface area contributed by atoms with Gasteiger partial charge in [0.05, 0.1) is 12.3 Å². The molecule has 2 aliphatic heterocycles. The van der Waals surface area contributed by atoms with Gasteiger partial charge in [-0.05, 0) is 17.7 Å². The monoisotopic (exact) mass is 215 g/mol. The fourth-order valence-electron chi connectivity index (χ4n) is 1.73. The molecule has 0 radical (unpaired) electrons. The SMILES string of the molecule is O=C1C=CC(=O)N1c1ccc(C2CO2)cc1. The highest BCUT2D eigenvalue weighted by Gasteiger charge is 2.27. The molecular weight excluding hydrogens is 206 g/mol. The van der Waals surface area contributed by atoms with Crippen LogP contribution >= 0.6 is 0 Å². The van der Waals surface area contributed by atoms with Gasteiger partial charge in [0.25, 0.3) is 11.8 Å². The molecule has 0 N–H and O–H groups in total. The Labute approximate surface area is 92.1 Å². The van der Waals surface area contributed by atoms with E-state index in [0.717, 1.165) is 17.1 Å². The lowest BCUT2D eigenvalue weighted by Gasteiger charge is -2.13. The third kappa shape index (κ3) is 1.44. The van der Waals surface area contributed by atoms with E-state index >= 15 is 0 Å². The molecule has 4 nitrogen and oxygen atoms in total. The first-order valence-corrected chi connectivity index (χ1v) is 5.03. The number of nitrogens with zero attached hydrogens (tertiary/aromatic N) is 1. The minimum absolute atomic E-state index is 0.192. The standard InChI is InChI=1S/C12H9NO3/c14-11-5-6-12(15)13(11)9-3-1-8(2-4-9)10-7-16-10/h1-6,10H,7H2. The highest BCUT2D eigenvalue weighted by molar-refractivity contribution is 6.28. The van der Waals surface area contributed by atoms with Crippen LogP contribution < -0.4 is 4.90 Å². The van der Waals surface area contributed by atoms with E-state index in [2.05, 4.69) is 0 Å². The van der Waals surface area contributed by atoms with E-state index in [1.807, 2.05) is 12.1 Å². The second-order valence-electron chi connectivity index (χ2n) is 3.76. The molecule has 2 heterocycles. The molecule has 80 valence electrons. The Balaban J connectivity index is 1.89. The third-order valence-electron chi connectivity index (χ3n) is 2.67. The molecular formula is C12H9NO3. The second-order valence-corrected chi connectivity index (χ2v) is 3.76. The van der Waals surface area contributed by atoms with Crippen LogP contribution in [0.5, 0.6) is 0 Å². The van der Waals surface area contributed by atoms with E-state index in [4.69, 9.17) is 4.74 Å². The first-order valence-electron chi connectivity index (χ1n) is 5.03. The maximum Gasteiger partial charge on any atom is 0.258 e. The summed E-state index contributed by atoms with van der Waals surface area (Å²) >= 11 is 0. The fraction of sp³-hybridized carbons (Fsp3) is 0.167. The number of amides is 2. The molecule has 0 aromatic heterocycles. The van der Waals surface area contributed by atoms with Crippen molar-refractivity contribution in [1.82, 2.24) is 0 Å². The van der Waals surface area contributed by atoms with Gasteiger partial charge in [0, 0.05) is 12.2 Å². The average molecular weight is 215 g/mol. The molecule has 0 aliphatic carbocycles. The number of carbonyl (C=O) groups is 2. The van der Waals surface area contributed by atoms with Crippen LogP contribution in [-0.2, 0) is 14.3 Å². The molecule has 2 amide bonds.